The first-order valence-corrected chi connectivity index (χ1v) is 11.2. The number of sulfonamides is 1. The van der Waals surface area contributed by atoms with Crippen molar-refractivity contribution in [1.82, 2.24) is 4.98 Å². The minimum Gasteiger partial charge on any atom is -0.301 e. The van der Waals surface area contributed by atoms with Gasteiger partial charge in [0.2, 0.25) is 5.91 Å². The van der Waals surface area contributed by atoms with E-state index in [-0.39, 0.29) is 16.1 Å². The number of nitrogens with one attached hydrogen (secondary N) is 2. The van der Waals surface area contributed by atoms with E-state index in [2.05, 4.69) is 15.0 Å². The number of anilines is 2. The first-order valence-electron chi connectivity index (χ1n) is 7.99. The van der Waals surface area contributed by atoms with Gasteiger partial charge in [0.15, 0.2) is 5.13 Å². The van der Waals surface area contributed by atoms with Gasteiger partial charge in [-0.2, -0.15) is 0 Å². The highest BCUT2D eigenvalue weighted by molar-refractivity contribution is 8.00. The first kappa shape index (κ1) is 19.4. The summed E-state index contributed by atoms with van der Waals surface area (Å²) in [6, 6.07) is 15.1. The van der Waals surface area contributed by atoms with E-state index >= 15 is 0 Å². The average Bonchev–Trinajstić information content (AvgIpc) is 3.17. The molecule has 1 heterocycles. The summed E-state index contributed by atoms with van der Waals surface area (Å²) in [5, 5.41) is 4.80. The zero-order valence-corrected chi connectivity index (χ0v) is 16.8. The van der Waals surface area contributed by atoms with Crippen LogP contribution in [0.1, 0.15) is 6.92 Å². The predicted octanol–water partition coefficient (Wildman–Crippen LogP) is 4.06. The van der Waals surface area contributed by atoms with Gasteiger partial charge < -0.3 is 5.32 Å². The number of nitrogens with zero attached hydrogens (tertiary/aromatic N) is 1. The highest BCUT2D eigenvalue weighted by Gasteiger charge is 2.16. The van der Waals surface area contributed by atoms with Crippen LogP contribution in [0.5, 0.6) is 0 Å². The Balaban J connectivity index is 1.61. The number of hydrogen-bond donors (Lipinski definition) is 2. The second-order valence-electron chi connectivity index (χ2n) is 5.53. The lowest BCUT2D eigenvalue weighted by Gasteiger charge is -2.12. The van der Waals surface area contributed by atoms with Crippen LogP contribution in [0.4, 0.5) is 10.8 Å². The molecule has 1 aromatic heterocycles. The van der Waals surface area contributed by atoms with Crippen LogP contribution in [0, 0.1) is 0 Å². The maximum Gasteiger partial charge on any atom is 0.261 e. The molecule has 0 aliphatic heterocycles. The van der Waals surface area contributed by atoms with Crippen molar-refractivity contribution in [3.8, 4) is 0 Å². The molecule has 1 unspecified atom stereocenters. The number of carbonyl (C=O) groups is 1. The molecule has 140 valence electrons. The molecule has 0 saturated carbocycles. The zero-order chi connectivity index (χ0) is 19.3. The molecule has 2 N–H and O–H groups in total. The summed E-state index contributed by atoms with van der Waals surface area (Å²) in [7, 11) is -3.62. The molecular weight excluding hydrogens is 402 g/mol. The summed E-state index contributed by atoms with van der Waals surface area (Å²) < 4.78 is 27.2. The molecule has 9 heteroatoms. The van der Waals surface area contributed by atoms with E-state index in [1.807, 2.05) is 0 Å². The van der Waals surface area contributed by atoms with Crippen LogP contribution in [0.15, 0.2) is 76.0 Å². The molecular formula is C18H17N3O3S3. The van der Waals surface area contributed by atoms with Gasteiger partial charge in [0.1, 0.15) is 0 Å². The first-order chi connectivity index (χ1) is 12.9. The van der Waals surface area contributed by atoms with Gasteiger partial charge in [0.05, 0.1) is 10.1 Å². The van der Waals surface area contributed by atoms with Crippen LogP contribution >= 0.6 is 23.1 Å². The van der Waals surface area contributed by atoms with Gasteiger partial charge >= 0.3 is 0 Å². The highest BCUT2D eigenvalue weighted by atomic mass is 32.2. The smallest absolute Gasteiger partial charge is 0.261 e. The number of carbonyl (C=O) groups excluding carboxylic acids is 1. The van der Waals surface area contributed by atoms with E-state index < -0.39 is 10.0 Å². The van der Waals surface area contributed by atoms with Gasteiger partial charge in [0, 0.05) is 22.2 Å². The van der Waals surface area contributed by atoms with Gasteiger partial charge in [-0.3, -0.25) is 9.52 Å². The quantitative estimate of drug-likeness (QED) is 0.564. The van der Waals surface area contributed by atoms with Crippen molar-refractivity contribution in [2.45, 2.75) is 22.0 Å². The second kappa shape index (κ2) is 8.55. The standard InChI is InChI=1S/C18H17N3O3S3/c1-13(17(22)20-18-19-11-12-25-18)26-15-9-7-14(8-10-15)21-27(23,24)16-5-3-2-4-6-16/h2-13,21H,1H3,(H,19,20,22). The second-order valence-corrected chi connectivity index (χ2v) is 9.52. The average molecular weight is 420 g/mol. The Morgan fingerprint density at radius 3 is 2.44 bits per heavy atom. The number of rotatable bonds is 7. The largest absolute Gasteiger partial charge is 0.301 e. The van der Waals surface area contributed by atoms with Gasteiger partial charge in [-0.15, -0.1) is 23.1 Å². The Bertz CT molecular complexity index is 989. The normalized spacial score (nSPS) is 12.3. The topological polar surface area (TPSA) is 88.2 Å². The summed E-state index contributed by atoms with van der Waals surface area (Å²) in [6.07, 6.45) is 1.63. The molecule has 0 aliphatic rings. The van der Waals surface area contributed by atoms with E-state index in [9.17, 15) is 13.2 Å². The number of aromatic nitrogens is 1. The van der Waals surface area contributed by atoms with Crippen LogP contribution in [-0.4, -0.2) is 24.6 Å². The van der Waals surface area contributed by atoms with Crippen LogP contribution in [-0.2, 0) is 14.8 Å². The van der Waals surface area contributed by atoms with Crippen molar-refractivity contribution >= 4 is 49.8 Å². The van der Waals surface area contributed by atoms with Gasteiger partial charge in [-0.25, -0.2) is 13.4 Å². The Morgan fingerprint density at radius 2 is 1.81 bits per heavy atom. The lowest BCUT2D eigenvalue weighted by atomic mass is 10.3. The molecule has 0 aliphatic carbocycles. The van der Waals surface area contributed by atoms with Crippen molar-refractivity contribution in [2.24, 2.45) is 0 Å². The van der Waals surface area contributed by atoms with Crippen molar-refractivity contribution < 1.29 is 13.2 Å². The Morgan fingerprint density at radius 1 is 1.11 bits per heavy atom. The monoisotopic (exact) mass is 419 g/mol. The fraction of sp³-hybridized carbons (Fsp3) is 0.111. The summed E-state index contributed by atoms with van der Waals surface area (Å²) >= 11 is 2.75. The maximum atomic E-state index is 12.3. The molecule has 0 spiro atoms. The minimum atomic E-state index is -3.62. The maximum absolute atomic E-state index is 12.3. The summed E-state index contributed by atoms with van der Waals surface area (Å²) in [5.41, 5.74) is 0.461. The van der Waals surface area contributed by atoms with Gasteiger partial charge in [-0.1, -0.05) is 18.2 Å². The molecule has 0 bridgehead atoms. The third kappa shape index (κ3) is 5.31. The number of thioether (sulfide) groups is 1. The lowest BCUT2D eigenvalue weighted by Crippen LogP contribution is -2.22. The van der Waals surface area contributed by atoms with E-state index in [1.165, 1.54) is 35.2 Å². The molecule has 1 atom stereocenters. The fourth-order valence-electron chi connectivity index (χ4n) is 2.17. The summed E-state index contributed by atoms with van der Waals surface area (Å²) in [5.74, 6) is -0.135. The predicted molar refractivity (Wildman–Crippen MR) is 110 cm³/mol. The number of benzene rings is 2. The number of hydrogen-bond acceptors (Lipinski definition) is 6. The van der Waals surface area contributed by atoms with E-state index in [4.69, 9.17) is 0 Å². The van der Waals surface area contributed by atoms with Crippen molar-refractivity contribution in [3.63, 3.8) is 0 Å². The van der Waals surface area contributed by atoms with Crippen molar-refractivity contribution in [1.29, 1.82) is 0 Å². The van der Waals surface area contributed by atoms with Crippen molar-refractivity contribution in [3.05, 3.63) is 66.2 Å². The Kier molecular flexibility index (Phi) is 6.15. The third-order valence-corrected chi connectivity index (χ3v) is 6.70. The van der Waals surface area contributed by atoms with Crippen molar-refractivity contribution in [2.75, 3.05) is 10.0 Å². The Labute approximate surface area is 166 Å². The van der Waals surface area contributed by atoms with E-state index in [1.54, 1.807) is 61.0 Å². The van der Waals surface area contributed by atoms with Crippen LogP contribution < -0.4 is 10.0 Å². The Hall–Kier alpha value is -2.36. The van der Waals surface area contributed by atoms with Crippen LogP contribution in [0.2, 0.25) is 0 Å². The molecule has 0 radical (unpaired) electrons. The van der Waals surface area contributed by atoms with E-state index in [0.717, 1.165) is 4.90 Å². The summed E-state index contributed by atoms with van der Waals surface area (Å²) in [6.45, 7) is 1.81. The molecule has 6 nitrogen and oxygen atoms in total. The molecule has 3 rings (SSSR count). The molecule has 1 amide bonds. The fourth-order valence-corrected chi connectivity index (χ4v) is 4.64. The molecule has 3 aromatic rings. The molecule has 0 saturated heterocycles. The van der Waals surface area contributed by atoms with Gasteiger partial charge in [0.25, 0.3) is 10.0 Å². The SMILES string of the molecule is CC(Sc1ccc(NS(=O)(=O)c2ccccc2)cc1)C(=O)Nc1nccs1. The number of thiazole rings is 1. The van der Waals surface area contributed by atoms with Crippen LogP contribution in [0.25, 0.3) is 0 Å². The molecule has 2 aromatic carbocycles. The van der Waals surface area contributed by atoms with Gasteiger partial charge in [-0.05, 0) is 43.3 Å². The summed E-state index contributed by atoms with van der Waals surface area (Å²) in [4.78, 5) is 17.3. The highest BCUT2D eigenvalue weighted by Crippen LogP contribution is 2.26. The molecule has 0 fully saturated rings. The van der Waals surface area contributed by atoms with Crippen LogP contribution in [0.3, 0.4) is 0 Å². The number of amides is 1. The molecule has 27 heavy (non-hydrogen) atoms. The van der Waals surface area contributed by atoms with E-state index in [0.29, 0.717) is 10.8 Å². The minimum absolute atomic E-state index is 0.135. The zero-order valence-electron chi connectivity index (χ0n) is 14.3. The lowest BCUT2D eigenvalue weighted by molar-refractivity contribution is -0.115. The third-order valence-electron chi connectivity index (χ3n) is 3.50.